The van der Waals surface area contributed by atoms with Gasteiger partial charge >= 0.3 is 5.97 Å². The number of aromatic nitrogens is 1. The van der Waals surface area contributed by atoms with Crippen molar-refractivity contribution in [1.82, 2.24) is 10.3 Å². The Morgan fingerprint density at radius 3 is 2.60 bits per heavy atom. The second-order valence-electron chi connectivity index (χ2n) is 5.36. The molecule has 5 nitrogen and oxygen atoms in total. The summed E-state index contributed by atoms with van der Waals surface area (Å²) in [4.78, 5) is 27.7. The van der Waals surface area contributed by atoms with Crippen molar-refractivity contribution in [3.05, 3.63) is 28.5 Å². The Morgan fingerprint density at radius 2 is 2.05 bits per heavy atom. The van der Waals surface area contributed by atoms with Crippen molar-refractivity contribution >= 4 is 27.8 Å². The first-order valence-electron chi connectivity index (χ1n) is 6.24. The lowest BCUT2D eigenvalue weighted by Gasteiger charge is -2.21. The first-order valence-corrected chi connectivity index (χ1v) is 7.04. The SMILES string of the molecule is CC(C(=O)[N]Cc1cccc(Br)n1)C(=O)OC(C)(C)C. The van der Waals surface area contributed by atoms with E-state index in [-0.39, 0.29) is 6.54 Å². The Morgan fingerprint density at radius 1 is 1.40 bits per heavy atom. The van der Waals surface area contributed by atoms with Gasteiger partial charge in [-0.3, -0.25) is 9.59 Å². The minimum absolute atomic E-state index is 0.144. The highest BCUT2D eigenvalue weighted by molar-refractivity contribution is 9.10. The van der Waals surface area contributed by atoms with Crippen LogP contribution < -0.4 is 5.32 Å². The van der Waals surface area contributed by atoms with Crippen LogP contribution in [0.5, 0.6) is 0 Å². The van der Waals surface area contributed by atoms with Gasteiger partial charge in [0, 0.05) is 0 Å². The maximum Gasteiger partial charge on any atom is 0.318 e. The second kappa shape index (κ2) is 6.83. The van der Waals surface area contributed by atoms with Gasteiger partial charge in [0.05, 0.1) is 12.2 Å². The molecule has 0 spiro atoms. The third kappa shape index (κ3) is 5.69. The van der Waals surface area contributed by atoms with Crippen LogP contribution in [0.4, 0.5) is 0 Å². The predicted molar refractivity (Wildman–Crippen MR) is 77.8 cm³/mol. The van der Waals surface area contributed by atoms with Gasteiger partial charge in [-0.25, -0.2) is 10.3 Å². The van der Waals surface area contributed by atoms with Crippen LogP contribution >= 0.6 is 15.9 Å². The van der Waals surface area contributed by atoms with E-state index in [9.17, 15) is 9.59 Å². The Labute approximate surface area is 127 Å². The van der Waals surface area contributed by atoms with E-state index >= 15 is 0 Å². The summed E-state index contributed by atoms with van der Waals surface area (Å²) in [6.45, 7) is 6.90. The lowest BCUT2D eigenvalue weighted by atomic mass is 10.1. The number of carbonyl (C=O) groups is 2. The lowest BCUT2D eigenvalue weighted by Crippen LogP contribution is -2.34. The number of esters is 1. The fraction of sp³-hybridized carbons (Fsp3) is 0.500. The summed E-state index contributed by atoms with van der Waals surface area (Å²) < 4.78 is 5.83. The van der Waals surface area contributed by atoms with E-state index in [1.807, 2.05) is 6.07 Å². The highest BCUT2D eigenvalue weighted by Gasteiger charge is 2.27. The topological polar surface area (TPSA) is 70.4 Å². The van der Waals surface area contributed by atoms with E-state index in [0.29, 0.717) is 10.3 Å². The summed E-state index contributed by atoms with van der Waals surface area (Å²) in [6.07, 6.45) is 0. The number of amides is 1. The highest BCUT2D eigenvalue weighted by atomic mass is 79.9. The molecule has 1 atom stereocenters. The zero-order valence-corrected chi connectivity index (χ0v) is 13.6. The van der Waals surface area contributed by atoms with Crippen LogP contribution in [0, 0.1) is 5.92 Å². The van der Waals surface area contributed by atoms with Gasteiger partial charge in [-0.1, -0.05) is 6.07 Å². The summed E-state index contributed by atoms with van der Waals surface area (Å²) in [6, 6.07) is 5.36. The predicted octanol–water partition coefficient (Wildman–Crippen LogP) is 2.45. The number of hydrogen-bond donors (Lipinski definition) is 0. The first kappa shape index (κ1) is 16.6. The zero-order chi connectivity index (χ0) is 15.3. The summed E-state index contributed by atoms with van der Waals surface area (Å²) in [5, 5.41) is 3.86. The molecule has 0 bridgehead atoms. The second-order valence-corrected chi connectivity index (χ2v) is 6.17. The van der Waals surface area contributed by atoms with E-state index in [1.165, 1.54) is 6.92 Å². The molecular formula is C14H18BrN2O3. The molecule has 1 radical (unpaired) electrons. The molecule has 1 heterocycles. The van der Waals surface area contributed by atoms with Crippen molar-refractivity contribution in [2.75, 3.05) is 0 Å². The molecule has 1 unspecified atom stereocenters. The largest absolute Gasteiger partial charge is 0.459 e. The molecular weight excluding hydrogens is 324 g/mol. The monoisotopic (exact) mass is 341 g/mol. The van der Waals surface area contributed by atoms with Gasteiger partial charge in [0.2, 0.25) is 0 Å². The number of carbonyl (C=O) groups excluding carboxylic acids is 2. The van der Waals surface area contributed by atoms with Crippen LogP contribution in [0.3, 0.4) is 0 Å². The van der Waals surface area contributed by atoms with Gasteiger partial charge < -0.3 is 4.74 Å². The van der Waals surface area contributed by atoms with Crippen LogP contribution in [0.1, 0.15) is 33.4 Å². The van der Waals surface area contributed by atoms with Gasteiger partial charge in [0.25, 0.3) is 5.91 Å². The number of hydrogen-bond acceptors (Lipinski definition) is 4. The van der Waals surface area contributed by atoms with Crippen molar-refractivity contribution in [2.24, 2.45) is 5.92 Å². The molecule has 1 amide bonds. The Hall–Kier alpha value is -1.43. The molecule has 109 valence electrons. The zero-order valence-electron chi connectivity index (χ0n) is 12.0. The van der Waals surface area contributed by atoms with Crippen LogP contribution in [0.2, 0.25) is 0 Å². The molecule has 0 saturated carbocycles. The van der Waals surface area contributed by atoms with Gasteiger partial charge in [-0.2, -0.15) is 0 Å². The van der Waals surface area contributed by atoms with Crippen molar-refractivity contribution in [3.8, 4) is 0 Å². The number of ether oxygens (including phenoxy) is 1. The first-order chi connectivity index (χ1) is 9.19. The Kier molecular flexibility index (Phi) is 5.68. The van der Waals surface area contributed by atoms with Gasteiger partial charge in [-0.05, 0) is 55.8 Å². The molecule has 0 fully saturated rings. The molecule has 0 aliphatic carbocycles. The average molecular weight is 342 g/mol. The van der Waals surface area contributed by atoms with E-state index < -0.39 is 23.4 Å². The van der Waals surface area contributed by atoms with E-state index in [2.05, 4.69) is 26.2 Å². The van der Waals surface area contributed by atoms with Crippen molar-refractivity contribution in [3.63, 3.8) is 0 Å². The standard InChI is InChI=1S/C14H18BrN2O3/c1-9(13(19)20-14(2,3)4)12(18)16-8-10-6-5-7-11(15)17-10/h5-7,9H,8H2,1-4H3. The molecule has 1 aromatic heterocycles. The molecule has 6 heteroatoms. The average Bonchev–Trinajstić information content (AvgIpc) is 2.33. The van der Waals surface area contributed by atoms with Crippen molar-refractivity contribution < 1.29 is 14.3 Å². The molecule has 0 saturated heterocycles. The molecule has 1 rings (SSSR count). The van der Waals surface area contributed by atoms with Crippen LogP contribution in [0.15, 0.2) is 22.8 Å². The highest BCUT2D eigenvalue weighted by Crippen LogP contribution is 2.12. The third-order valence-electron chi connectivity index (χ3n) is 2.30. The number of pyridine rings is 1. The fourth-order valence-electron chi connectivity index (χ4n) is 1.33. The lowest BCUT2D eigenvalue weighted by molar-refractivity contribution is -0.161. The molecule has 0 aromatic carbocycles. The van der Waals surface area contributed by atoms with Crippen LogP contribution in [0.25, 0.3) is 0 Å². The molecule has 1 aromatic rings. The van der Waals surface area contributed by atoms with E-state index in [4.69, 9.17) is 4.74 Å². The fourth-order valence-corrected chi connectivity index (χ4v) is 1.71. The van der Waals surface area contributed by atoms with Gasteiger partial charge in [0.15, 0.2) is 0 Å². The number of halogens is 1. The summed E-state index contributed by atoms with van der Waals surface area (Å²) in [7, 11) is 0. The van der Waals surface area contributed by atoms with Crippen LogP contribution in [-0.4, -0.2) is 22.5 Å². The molecule has 20 heavy (non-hydrogen) atoms. The van der Waals surface area contributed by atoms with E-state index in [0.717, 1.165) is 0 Å². The minimum Gasteiger partial charge on any atom is -0.459 e. The smallest absolute Gasteiger partial charge is 0.318 e. The molecule has 0 aliphatic rings. The number of nitrogens with zero attached hydrogens (tertiary/aromatic N) is 2. The van der Waals surface area contributed by atoms with Crippen molar-refractivity contribution in [2.45, 2.75) is 39.8 Å². The maximum absolute atomic E-state index is 11.8. The summed E-state index contributed by atoms with van der Waals surface area (Å²) in [5.74, 6) is -1.96. The van der Waals surface area contributed by atoms with Crippen LogP contribution in [-0.2, 0) is 20.9 Å². The molecule has 0 N–H and O–H groups in total. The maximum atomic E-state index is 11.8. The quantitative estimate of drug-likeness (QED) is 0.479. The summed E-state index contributed by atoms with van der Waals surface area (Å²) in [5.41, 5.74) is 0.0430. The Balaban J connectivity index is 2.52. The Bertz CT molecular complexity index is 497. The summed E-state index contributed by atoms with van der Waals surface area (Å²) >= 11 is 3.24. The minimum atomic E-state index is -0.902. The molecule has 0 aliphatic heterocycles. The number of rotatable bonds is 4. The van der Waals surface area contributed by atoms with Gasteiger partial charge in [-0.15, -0.1) is 0 Å². The van der Waals surface area contributed by atoms with E-state index in [1.54, 1.807) is 32.9 Å². The van der Waals surface area contributed by atoms with Gasteiger partial charge in [0.1, 0.15) is 16.1 Å². The third-order valence-corrected chi connectivity index (χ3v) is 2.74. The normalized spacial score (nSPS) is 12.7. The van der Waals surface area contributed by atoms with Crippen molar-refractivity contribution in [1.29, 1.82) is 0 Å².